The molecular weight excluding hydrogens is 394 g/mol. The Morgan fingerprint density at radius 3 is 2.77 bits per heavy atom. The molecule has 8 heteroatoms. The largest absolute Gasteiger partial charge is 0.497 e. The minimum absolute atomic E-state index is 0.0635. The molecule has 0 bridgehead atoms. The molecule has 0 saturated carbocycles. The van der Waals surface area contributed by atoms with Crippen molar-refractivity contribution in [2.45, 2.75) is 26.3 Å². The third-order valence-electron chi connectivity index (χ3n) is 5.55. The molecular formula is C23H29N5O3. The van der Waals surface area contributed by atoms with Gasteiger partial charge in [-0.3, -0.25) is 4.79 Å². The number of nitrogens with zero attached hydrogens (tertiary/aromatic N) is 4. The maximum atomic E-state index is 12.9. The van der Waals surface area contributed by atoms with Crippen LogP contribution in [0.3, 0.4) is 0 Å². The molecule has 31 heavy (non-hydrogen) atoms. The van der Waals surface area contributed by atoms with E-state index in [4.69, 9.17) is 9.47 Å². The lowest BCUT2D eigenvalue weighted by Gasteiger charge is -2.27. The van der Waals surface area contributed by atoms with Crippen LogP contribution in [0.5, 0.6) is 5.75 Å². The fraction of sp³-hybridized carbons (Fsp3) is 0.435. The second-order valence-corrected chi connectivity index (χ2v) is 8.02. The Morgan fingerprint density at radius 1 is 1.26 bits per heavy atom. The standard InChI is InChI=1S/C23H29N5O3/c1-15(11-17-14-27(3)21-6-5-18(30-4)13-19(17)21)24-22(29)20-12-16(2)25-23(26-20)28-7-9-31-10-8-28/h5-6,12-15H,7-11H2,1-4H3,(H,24,29)/t15-/m0/s1. The highest BCUT2D eigenvalue weighted by Gasteiger charge is 2.19. The normalized spacial score (nSPS) is 15.2. The fourth-order valence-electron chi connectivity index (χ4n) is 3.99. The third kappa shape index (κ3) is 4.64. The molecule has 0 aliphatic carbocycles. The lowest BCUT2D eigenvalue weighted by Crippen LogP contribution is -2.38. The molecule has 1 amide bonds. The molecule has 1 saturated heterocycles. The molecule has 1 fully saturated rings. The van der Waals surface area contributed by atoms with Crippen molar-refractivity contribution in [3.63, 3.8) is 0 Å². The Balaban J connectivity index is 1.49. The predicted molar refractivity (Wildman–Crippen MR) is 120 cm³/mol. The SMILES string of the molecule is COc1ccc2c(c1)c(C[C@H](C)NC(=O)c1cc(C)nc(N3CCOCC3)n1)cn2C. The molecule has 3 aromatic rings. The van der Waals surface area contributed by atoms with Gasteiger partial charge in [0.1, 0.15) is 11.4 Å². The zero-order valence-corrected chi connectivity index (χ0v) is 18.5. The quantitative estimate of drug-likeness (QED) is 0.656. The van der Waals surface area contributed by atoms with Crippen LogP contribution in [0.1, 0.15) is 28.7 Å². The van der Waals surface area contributed by atoms with Gasteiger partial charge in [0.25, 0.3) is 5.91 Å². The van der Waals surface area contributed by atoms with Crippen molar-refractivity contribution < 1.29 is 14.3 Å². The monoisotopic (exact) mass is 423 g/mol. The van der Waals surface area contributed by atoms with Crippen LogP contribution in [0.4, 0.5) is 5.95 Å². The number of rotatable bonds is 6. The number of carbonyl (C=O) groups excluding carboxylic acids is 1. The van der Waals surface area contributed by atoms with Crippen molar-refractivity contribution in [2.75, 3.05) is 38.3 Å². The first-order valence-corrected chi connectivity index (χ1v) is 10.6. The number of fused-ring (bicyclic) bond motifs is 1. The molecule has 1 N–H and O–H groups in total. The molecule has 0 radical (unpaired) electrons. The number of hydrogen-bond acceptors (Lipinski definition) is 6. The highest BCUT2D eigenvalue weighted by Crippen LogP contribution is 2.26. The summed E-state index contributed by atoms with van der Waals surface area (Å²) >= 11 is 0. The van der Waals surface area contributed by atoms with Crippen molar-refractivity contribution >= 4 is 22.8 Å². The number of ether oxygens (including phenoxy) is 2. The van der Waals surface area contributed by atoms with Crippen molar-refractivity contribution in [3.8, 4) is 5.75 Å². The topological polar surface area (TPSA) is 81.5 Å². The van der Waals surface area contributed by atoms with Gasteiger partial charge in [0.15, 0.2) is 0 Å². The average molecular weight is 424 g/mol. The van der Waals surface area contributed by atoms with E-state index in [0.717, 1.165) is 41.0 Å². The van der Waals surface area contributed by atoms with Gasteiger partial charge in [0, 0.05) is 49.0 Å². The van der Waals surface area contributed by atoms with Crippen molar-refractivity contribution in [1.29, 1.82) is 0 Å². The summed E-state index contributed by atoms with van der Waals surface area (Å²) in [5.74, 6) is 1.22. The van der Waals surface area contributed by atoms with E-state index in [1.807, 2.05) is 33.0 Å². The van der Waals surface area contributed by atoms with Crippen LogP contribution in [0, 0.1) is 6.92 Å². The van der Waals surface area contributed by atoms with Gasteiger partial charge in [0.05, 0.1) is 20.3 Å². The van der Waals surface area contributed by atoms with Gasteiger partial charge >= 0.3 is 0 Å². The van der Waals surface area contributed by atoms with Crippen LogP contribution in [0.25, 0.3) is 10.9 Å². The number of aryl methyl sites for hydroxylation is 2. The third-order valence-corrected chi connectivity index (χ3v) is 5.55. The molecule has 1 aromatic carbocycles. The molecule has 4 rings (SSSR count). The molecule has 3 heterocycles. The number of methoxy groups -OCH3 is 1. The first kappa shape index (κ1) is 21.1. The maximum Gasteiger partial charge on any atom is 0.270 e. The summed E-state index contributed by atoms with van der Waals surface area (Å²) in [6.45, 7) is 6.64. The van der Waals surface area contributed by atoms with Crippen molar-refractivity contribution in [2.24, 2.45) is 7.05 Å². The molecule has 164 valence electrons. The van der Waals surface area contributed by atoms with Gasteiger partial charge < -0.3 is 24.3 Å². The number of nitrogens with one attached hydrogen (secondary N) is 1. The fourth-order valence-corrected chi connectivity index (χ4v) is 3.99. The highest BCUT2D eigenvalue weighted by molar-refractivity contribution is 5.93. The van der Waals surface area contributed by atoms with Crippen LogP contribution in [0.15, 0.2) is 30.5 Å². The summed E-state index contributed by atoms with van der Waals surface area (Å²) in [7, 11) is 3.69. The second kappa shape index (κ2) is 8.93. The van der Waals surface area contributed by atoms with Crippen LogP contribution in [0.2, 0.25) is 0 Å². The molecule has 0 unspecified atom stereocenters. The summed E-state index contributed by atoms with van der Waals surface area (Å²) in [5, 5.41) is 4.23. The van der Waals surface area contributed by atoms with E-state index < -0.39 is 0 Å². The Bertz CT molecular complexity index is 1090. The van der Waals surface area contributed by atoms with Crippen LogP contribution in [-0.2, 0) is 18.2 Å². The van der Waals surface area contributed by atoms with E-state index in [-0.39, 0.29) is 11.9 Å². The van der Waals surface area contributed by atoms with Crippen LogP contribution in [-0.4, -0.2) is 59.9 Å². The van der Waals surface area contributed by atoms with Gasteiger partial charge in [-0.1, -0.05) is 0 Å². The average Bonchev–Trinajstić information content (AvgIpc) is 3.08. The van der Waals surface area contributed by atoms with Crippen molar-refractivity contribution in [3.05, 3.63) is 47.4 Å². The molecule has 0 spiro atoms. The van der Waals surface area contributed by atoms with Gasteiger partial charge in [-0.25, -0.2) is 9.97 Å². The maximum absolute atomic E-state index is 12.9. The van der Waals surface area contributed by atoms with E-state index in [0.29, 0.717) is 31.3 Å². The Morgan fingerprint density at radius 2 is 2.03 bits per heavy atom. The number of morpholine rings is 1. The second-order valence-electron chi connectivity index (χ2n) is 8.02. The van der Waals surface area contributed by atoms with Crippen molar-refractivity contribution in [1.82, 2.24) is 19.9 Å². The summed E-state index contributed by atoms with van der Waals surface area (Å²) < 4.78 is 12.9. The lowest BCUT2D eigenvalue weighted by molar-refractivity contribution is 0.0934. The number of aromatic nitrogens is 3. The van der Waals surface area contributed by atoms with Crippen LogP contribution < -0.4 is 15.0 Å². The zero-order chi connectivity index (χ0) is 22.0. The number of amides is 1. The molecule has 2 aromatic heterocycles. The summed E-state index contributed by atoms with van der Waals surface area (Å²) in [4.78, 5) is 24.0. The van der Waals surface area contributed by atoms with E-state index in [1.54, 1.807) is 13.2 Å². The van der Waals surface area contributed by atoms with E-state index in [1.165, 1.54) is 0 Å². The number of carbonyl (C=O) groups is 1. The van der Waals surface area contributed by atoms with Gasteiger partial charge in [-0.2, -0.15) is 0 Å². The number of anilines is 1. The van der Waals surface area contributed by atoms with Gasteiger partial charge in [0.2, 0.25) is 5.95 Å². The molecule has 1 aliphatic heterocycles. The van der Waals surface area contributed by atoms with Gasteiger partial charge in [-0.05, 0) is 50.1 Å². The first-order chi connectivity index (χ1) is 14.9. The van der Waals surface area contributed by atoms with E-state index in [2.05, 4.69) is 37.0 Å². The summed E-state index contributed by atoms with van der Waals surface area (Å²) in [5.41, 5.74) is 3.46. The molecule has 8 nitrogen and oxygen atoms in total. The molecule has 1 aliphatic rings. The first-order valence-electron chi connectivity index (χ1n) is 10.6. The highest BCUT2D eigenvalue weighted by atomic mass is 16.5. The lowest BCUT2D eigenvalue weighted by atomic mass is 10.1. The van der Waals surface area contributed by atoms with Crippen LogP contribution >= 0.6 is 0 Å². The van der Waals surface area contributed by atoms with E-state index >= 15 is 0 Å². The Labute approximate surface area is 182 Å². The Kier molecular flexibility index (Phi) is 6.08. The zero-order valence-electron chi connectivity index (χ0n) is 18.5. The minimum Gasteiger partial charge on any atom is -0.497 e. The smallest absolute Gasteiger partial charge is 0.270 e. The predicted octanol–water partition coefficient (Wildman–Crippen LogP) is 2.48. The van der Waals surface area contributed by atoms with Gasteiger partial charge in [-0.15, -0.1) is 0 Å². The summed E-state index contributed by atoms with van der Waals surface area (Å²) in [6, 6.07) is 7.72. The number of hydrogen-bond donors (Lipinski definition) is 1. The Hall–Kier alpha value is -3.13. The number of benzene rings is 1. The molecule has 1 atom stereocenters. The van der Waals surface area contributed by atoms with E-state index in [9.17, 15) is 4.79 Å². The summed E-state index contributed by atoms with van der Waals surface area (Å²) in [6.07, 6.45) is 2.81. The minimum atomic E-state index is -0.190.